The van der Waals surface area contributed by atoms with Crippen molar-refractivity contribution in [3.63, 3.8) is 0 Å². The Morgan fingerprint density at radius 3 is 1.47 bits per heavy atom. The van der Waals surface area contributed by atoms with Crippen LogP contribution in [0.15, 0.2) is 36.5 Å². The van der Waals surface area contributed by atoms with Gasteiger partial charge in [-0.15, -0.1) is 0 Å². The van der Waals surface area contributed by atoms with Gasteiger partial charge in [-0.25, -0.2) is 0 Å². The maximum Gasteiger partial charge on any atom is 0.220 e. The first kappa shape index (κ1) is 60.3. The number of allylic oxidation sites excluding steroid dienone is 5. The van der Waals surface area contributed by atoms with Crippen LogP contribution in [0.3, 0.4) is 0 Å². The van der Waals surface area contributed by atoms with Gasteiger partial charge in [0.05, 0.1) is 38.6 Å². The maximum atomic E-state index is 13.1. The van der Waals surface area contributed by atoms with E-state index in [1.165, 1.54) is 44.9 Å². The summed E-state index contributed by atoms with van der Waals surface area (Å²) in [5, 5.41) is 119. The third-order valence-electron chi connectivity index (χ3n) is 12.7. The van der Waals surface area contributed by atoms with Gasteiger partial charge in [0.15, 0.2) is 18.9 Å². The van der Waals surface area contributed by atoms with Crippen LogP contribution < -0.4 is 5.32 Å². The van der Waals surface area contributed by atoms with Crippen LogP contribution in [0.5, 0.6) is 0 Å². The molecule has 3 saturated heterocycles. The molecule has 1 amide bonds. The van der Waals surface area contributed by atoms with E-state index in [9.17, 15) is 61.0 Å². The number of aliphatic hydroxyl groups excluding tert-OH is 11. The first-order valence-corrected chi connectivity index (χ1v) is 25.2. The molecule has 3 heterocycles. The summed E-state index contributed by atoms with van der Waals surface area (Å²) >= 11 is 0. The van der Waals surface area contributed by atoms with Crippen molar-refractivity contribution < 1.29 is 89.4 Å². The molecule has 0 bridgehead atoms. The van der Waals surface area contributed by atoms with Crippen molar-refractivity contribution >= 4 is 5.91 Å². The number of carbonyl (C=O) groups excluding carboxylic acids is 1. The number of ether oxygens (including phenoxy) is 6. The lowest BCUT2D eigenvalue weighted by atomic mass is 9.96. The van der Waals surface area contributed by atoms with Gasteiger partial charge < -0.3 is 89.9 Å². The van der Waals surface area contributed by atoms with E-state index in [0.717, 1.165) is 57.8 Å². The summed E-state index contributed by atoms with van der Waals surface area (Å²) in [6.45, 7) is 1.58. The molecule has 3 rings (SSSR count). The summed E-state index contributed by atoms with van der Waals surface area (Å²) in [5.74, 6) is -0.300. The molecule has 0 saturated carbocycles. The number of carbonyl (C=O) groups is 1. The Morgan fingerprint density at radius 1 is 0.515 bits per heavy atom. The first-order valence-electron chi connectivity index (χ1n) is 25.2. The molecule has 17 unspecified atom stereocenters. The number of aliphatic hydroxyl groups is 11. The van der Waals surface area contributed by atoms with E-state index < -0.39 is 124 Å². The highest BCUT2D eigenvalue weighted by molar-refractivity contribution is 5.76. The fourth-order valence-electron chi connectivity index (χ4n) is 8.40. The molecule has 0 aromatic rings. The van der Waals surface area contributed by atoms with Crippen molar-refractivity contribution in [1.29, 1.82) is 0 Å². The van der Waals surface area contributed by atoms with Crippen molar-refractivity contribution in [2.75, 3.05) is 26.4 Å². The number of nitrogens with one attached hydrogen (secondary N) is 1. The van der Waals surface area contributed by atoms with Crippen molar-refractivity contribution in [3.8, 4) is 0 Å². The van der Waals surface area contributed by atoms with Gasteiger partial charge in [-0.05, 0) is 44.9 Å². The molecule has 0 aliphatic carbocycles. The highest BCUT2D eigenvalue weighted by Gasteiger charge is 2.53. The highest BCUT2D eigenvalue weighted by atomic mass is 16.8. The second-order valence-corrected chi connectivity index (χ2v) is 18.3. The fourth-order valence-corrected chi connectivity index (χ4v) is 8.40. The Bertz CT molecular complexity index is 1400. The van der Waals surface area contributed by atoms with Crippen LogP contribution in [0.25, 0.3) is 0 Å². The summed E-state index contributed by atoms with van der Waals surface area (Å²) in [6.07, 6.45) is 4.71. The van der Waals surface area contributed by atoms with E-state index in [4.69, 9.17) is 28.4 Å². The minimum atomic E-state index is -1.98. The molecule has 19 nitrogen and oxygen atoms in total. The minimum Gasteiger partial charge on any atom is -0.394 e. The van der Waals surface area contributed by atoms with Gasteiger partial charge in [0.25, 0.3) is 0 Å². The first-order chi connectivity index (χ1) is 32.8. The number of hydrogen-bond acceptors (Lipinski definition) is 18. The largest absolute Gasteiger partial charge is 0.394 e. The molecular weight excluding hydrogens is 891 g/mol. The minimum absolute atomic E-state index is 0.230. The Morgan fingerprint density at radius 2 is 0.941 bits per heavy atom. The second kappa shape index (κ2) is 34.4. The Hall–Kier alpha value is -1.99. The predicted molar refractivity (Wildman–Crippen MR) is 249 cm³/mol. The zero-order chi connectivity index (χ0) is 49.8. The summed E-state index contributed by atoms with van der Waals surface area (Å²) in [5.41, 5.74) is 0. The second-order valence-electron chi connectivity index (χ2n) is 18.3. The lowest BCUT2D eigenvalue weighted by Gasteiger charge is -2.48. The van der Waals surface area contributed by atoms with E-state index in [1.54, 1.807) is 6.08 Å². The van der Waals surface area contributed by atoms with Crippen LogP contribution in [0.2, 0.25) is 0 Å². The quantitative estimate of drug-likeness (QED) is 0.0321. The average Bonchev–Trinajstić information content (AvgIpc) is 3.33. The molecule has 0 aromatic heterocycles. The summed E-state index contributed by atoms with van der Waals surface area (Å²) in [4.78, 5) is 13.1. The molecule has 3 fully saturated rings. The van der Waals surface area contributed by atoms with Crippen molar-refractivity contribution in [2.24, 2.45) is 0 Å². The van der Waals surface area contributed by atoms with E-state index in [2.05, 4.69) is 43.5 Å². The zero-order valence-electron chi connectivity index (χ0n) is 40.3. The van der Waals surface area contributed by atoms with Crippen LogP contribution in [0, 0.1) is 0 Å². The molecule has 17 atom stereocenters. The van der Waals surface area contributed by atoms with Gasteiger partial charge in [-0.3, -0.25) is 4.79 Å². The van der Waals surface area contributed by atoms with Crippen LogP contribution in [-0.4, -0.2) is 193 Å². The van der Waals surface area contributed by atoms with Crippen LogP contribution in [0.1, 0.15) is 136 Å². The summed E-state index contributed by atoms with van der Waals surface area (Å²) in [7, 11) is 0. The normalized spacial score (nSPS) is 33.5. The molecule has 396 valence electrons. The maximum absolute atomic E-state index is 13.1. The SMILES string of the molecule is CCCCCCCC/C=C/CC/C=C/CC/C=C/C(O)C(COC1OC(CO)C(OC2OC(CO)C(OC3OC(CO)C(O)C(O)C3O)C(O)C2O)C(O)C1O)NC(=O)CCCCCCCCC. The number of rotatable bonds is 34. The summed E-state index contributed by atoms with van der Waals surface area (Å²) in [6, 6.07) is -0.989. The zero-order valence-corrected chi connectivity index (χ0v) is 40.3. The highest BCUT2D eigenvalue weighted by Crippen LogP contribution is 2.33. The van der Waals surface area contributed by atoms with E-state index in [1.807, 2.05) is 6.08 Å². The molecule has 0 spiro atoms. The van der Waals surface area contributed by atoms with E-state index >= 15 is 0 Å². The third kappa shape index (κ3) is 20.3. The Balaban J connectivity index is 1.57. The van der Waals surface area contributed by atoms with Gasteiger partial charge in [0.2, 0.25) is 5.91 Å². The molecule has 0 radical (unpaired) electrons. The molecule has 19 heteroatoms. The van der Waals surface area contributed by atoms with E-state index in [-0.39, 0.29) is 18.9 Å². The van der Waals surface area contributed by atoms with E-state index in [0.29, 0.717) is 12.8 Å². The molecule has 12 N–H and O–H groups in total. The molecule has 3 aliphatic heterocycles. The van der Waals surface area contributed by atoms with Gasteiger partial charge in [0, 0.05) is 6.42 Å². The fraction of sp³-hybridized carbons (Fsp3) is 0.857. The number of hydrogen-bond donors (Lipinski definition) is 12. The topological polar surface area (TPSA) is 307 Å². The molecule has 0 aromatic carbocycles. The van der Waals surface area contributed by atoms with Crippen molar-refractivity contribution in [3.05, 3.63) is 36.5 Å². The van der Waals surface area contributed by atoms with Crippen LogP contribution in [0.4, 0.5) is 0 Å². The predicted octanol–water partition coefficient (Wildman–Crippen LogP) is 1.42. The van der Waals surface area contributed by atoms with Gasteiger partial charge in [0.1, 0.15) is 73.2 Å². The molecular formula is C49H87NO18. The average molecular weight is 978 g/mol. The van der Waals surface area contributed by atoms with Gasteiger partial charge in [-0.2, -0.15) is 0 Å². The van der Waals surface area contributed by atoms with Crippen molar-refractivity contribution in [1.82, 2.24) is 5.32 Å². The molecule has 68 heavy (non-hydrogen) atoms. The lowest BCUT2D eigenvalue weighted by Crippen LogP contribution is -2.66. The Labute approximate surface area is 402 Å². The third-order valence-corrected chi connectivity index (χ3v) is 12.7. The number of unbranched alkanes of at least 4 members (excludes halogenated alkanes) is 14. The van der Waals surface area contributed by atoms with Crippen LogP contribution in [-0.2, 0) is 33.2 Å². The van der Waals surface area contributed by atoms with Gasteiger partial charge >= 0.3 is 0 Å². The Kier molecular flexibility index (Phi) is 30.5. The van der Waals surface area contributed by atoms with Gasteiger partial charge in [-0.1, -0.05) is 121 Å². The van der Waals surface area contributed by atoms with Crippen molar-refractivity contribution in [2.45, 2.75) is 240 Å². The standard InChI is InChI=1S/C49H87NO18/c1-3-5-7-9-11-12-13-14-15-16-17-18-19-21-22-24-26-33(54)32(50-37(55)27-25-23-20-10-8-6-4-2)31-63-47-43(61)40(58)45(35(29-52)65-47)68-49-44(62)41(59)46(36(30-53)66-49)67-48-42(60)39(57)38(56)34(28-51)64-48/h14-15,18-19,24,26,32-36,38-49,51-54,56-62H,3-13,16-17,20-23,25,27-31H2,1-2H3,(H,50,55)/b15-14+,19-18+,26-24+. The molecule has 3 aliphatic rings. The van der Waals surface area contributed by atoms with Crippen LogP contribution >= 0.6 is 0 Å². The lowest BCUT2D eigenvalue weighted by molar-refractivity contribution is -0.379. The summed E-state index contributed by atoms with van der Waals surface area (Å²) < 4.78 is 34.0. The number of amides is 1. The monoisotopic (exact) mass is 978 g/mol. The smallest absolute Gasteiger partial charge is 0.220 e.